The standard InChI is InChI=1S/C28H37Cl2N5O2/c1-18-17-35(14-13-32-18)28(34-25-5-3-4-6-26(25)37-2)33-21-10-7-19(8-11-21)23(16-27(31)36)22-12-9-20(29)15-24(22)30/h7-12,15,18,23,25-26,32H,3-6,13-14,16-17H2,1-2H3,(H2,31,36)(H,33,34)/t18-,23?,25?,26?/m0/s1. The number of amides is 1. The number of piperazine rings is 1. The Morgan fingerprint density at radius 3 is 2.65 bits per heavy atom. The lowest BCUT2D eigenvalue weighted by molar-refractivity contribution is -0.118. The summed E-state index contributed by atoms with van der Waals surface area (Å²) in [5.41, 5.74) is 8.30. The Labute approximate surface area is 229 Å². The van der Waals surface area contributed by atoms with E-state index >= 15 is 0 Å². The van der Waals surface area contributed by atoms with Gasteiger partial charge in [-0.3, -0.25) is 4.79 Å². The van der Waals surface area contributed by atoms with E-state index in [0.29, 0.717) is 16.1 Å². The van der Waals surface area contributed by atoms with E-state index < -0.39 is 0 Å². The Bertz CT molecular complexity index is 1090. The van der Waals surface area contributed by atoms with Gasteiger partial charge in [0.2, 0.25) is 5.91 Å². The van der Waals surface area contributed by atoms with Crippen molar-refractivity contribution in [2.75, 3.05) is 32.1 Å². The number of halogens is 2. The molecule has 2 aromatic rings. The number of methoxy groups -OCH3 is 1. The van der Waals surface area contributed by atoms with Crippen molar-refractivity contribution in [2.24, 2.45) is 10.7 Å². The lowest BCUT2D eigenvalue weighted by Crippen LogP contribution is -2.53. The molecule has 0 spiro atoms. The minimum Gasteiger partial charge on any atom is -0.379 e. The lowest BCUT2D eigenvalue weighted by Gasteiger charge is -2.36. The fourth-order valence-corrected chi connectivity index (χ4v) is 5.84. The monoisotopic (exact) mass is 545 g/mol. The number of nitrogens with two attached hydrogens (primary N) is 1. The average molecular weight is 547 g/mol. The van der Waals surface area contributed by atoms with Gasteiger partial charge in [-0.1, -0.05) is 54.2 Å². The number of benzene rings is 2. The lowest BCUT2D eigenvalue weighted by atomic mass is 9.88. The second kappa shape index (κ2) is 13.0. The number of anilines is 1. The second-order valence-electron chi connectivity index (χ2n) is 10.0. The summed E-state index contributed by atoms with van der Waals surface area (Å²) in [5.74, 6) is 0.230. The van der Waals surface area contributed by atoms with Crippen LogP contribution < -0.4 is 16.4 Å². The molecule has 1 aliphatic carbocycles. The Kier molecular flexibility index (Phi) is 9.71. The van der Waals surface area contributed by atoms with Crippen molar-refractivity contribution in [3.8, 4) is 0 Å². The number of nitrogens with zero attached hydrogens (tertiary/aromatic N) is 2. The summed E-state index contributed by atoms with van der Waals surface area (Å²) < 4.78 is 5.77. The highest BCUT2D eigenvalue weighted by Crippen LogP contribution is 2.35. The number of hydrogen-bond donors (Lipinski definition) is 3. The zero-order valence-corrected chi connectivity index (χ0v) is 23.1. The minimum atomic E-state index is -0.388. The van der Waals surface area contributed by atoms with Gasteiger partial charge in [-0.15, -0.1) is 0 Å². The molecule has 9 heteroatoms. The molecule has 1 saturated carbocycles. The van der Waals surface area contributed by atoms with Crippen LogP contribution >= 0.6 is 23.2 Å². The van der Waals surface area contributed by atoms with E-state index in [0.717, 1.165) is 55.2 Å². The van der Waals surface area contributed by atoms with E-state index in [1.165, 1.54) is 12.8 Å². The van der Waals surface area contributed by atoms with Crippen LogP contribution in [0.4, 0.5) is 5.69 Å². The van der Waals surface area contributed by atoms with Crippen LogP contribution in [-0.2, 0) is 9.53 Å². The summed E-state index contributed by atoms with van der Waals surface area (Å²) >= 11 is 12.6. The highest BCUT2D eigenvalue weighted by atomic mass is 35.5. The molecule has 7 nitrogen and oxygen atoms in total. The molecule has 2 aliphatic rings. The van der Waals surface area contributed by atoms with Gasteiger partial charge in [0.05, 0.1) is 12.1 Å². The van der Waals surface area contributed by atoms with E-state index in [9.17, 15) is 4.79 Å². The normalized spacial score (nSPS) is 23.5. The number of aliphatic imine (C=N–C) groups is 1. The molecule has 0 bridgehead atoms. The smallest absolute Gasteiger partial charge is 0.218 e. The first-order valence-electron chi connectivity index (χ1n) is 13.0. The van der Waals surface area contributed by atoms with Gasteiger partial charge < -0.3 is 26.0 Å². The second-order valence-corrected chi connectivity index (χ2v) is 10.9. The van der Waals surface area contributed by atoms with E-state index in [-0.39, 0.29) is 30.4 Å². The first-order valence-corrected chi connectivity index (χ1v) is 13.8. The summed E-state index contributed by atoms with van der Waals surface area (Å²) in [4.78, 5) is 19.4. The number of carbonyl (C=O) groups excluding carboxylic acids is 1. The molecule has 3 unspecified atom stereocenters. The maximum absolute atomic E-state index is 11.9. The third-order valence-electron chi connectivity index (χ3n) is 7.24. The van der Waals surface area contributed by atoms with Crippen LogP contribution in [-0.4, -0.2) is 61.7 Å². The molecule has 4 rings (SSSR count). The molecule has 200 valence electrons. The van der Waals surface area contributed by atoms with Crippen molar-refractivity contribution < 1.29 is 9.53 Å². The van der Waals surface area contributed by atoms with Crippen LogP contribution in [0.25, 0.3) is 0 Å². The first-order chi connectivity index (χ1) is 17.8. The Balaban J connectivity index is 1.59. The highest BCUT2D eigenvalue weighted by molar-refractivity contribution is 6.35. The summed E-state index contributed by atoms with van der Waals surface area (Å²) in [6.45, 7) is 4.87. The topological polar surface area (TPSA) is 92.0 Å². The molecular weight excluding hydrogens is 509 g/mol. The van der Waals surface area contributed by atoms with Crippen LogP contribution in [0.3, 0.4) is 0 Å². The zero-order chi connectivity index (χ0) is 26.4. The molecule has 0 radical (unpaired) electrons. The number of hydrogen-bond acceptors (Lipinski definition) is 4. The van der Waals surface area contributed by atoms with Crippen LogP contribution in [0, 0.1) is 0 Å². The average Bonchev–Trinajstić information content (AvgIpc) is 2.88. The van der Waals surface area contributed by atoms with Gasteiger partial charge in [0, 0.05) is 60.9 Å². The van der Waals surface area contributed by atoms with Crippen molar-refractivity contribution in [1.82, 2.24) is 10.2 Å². The molecule has 4 N–H and O–H groups in total. The van der Waals surface area contributed by atoms with Crippen molar-refractivity contribution in [2.45, 2.75) is 63.1 Å². The maximum Gasteiger partial charge on any atom is 0.218 e. The minimum absolute atomic E-state index is 0.137. The van der Waals surface area contributed by atoms with Crippen molar-refractivity contribution in [1.29, 1.82) is 0 Å². The number of nitrogens with one attached hydrogen (secondary N) is 2. The molecule has 1 saturated heterocycles. The zero-order valence-electron chi connectivity index (χ0n) is 21.6. The van der Waals surface area contributed by atoms with Gasteiger partial charge in [-0.25, -0.2) is 4.99 Å². The Hall–Kier alpha value is -2.32. The van der Waals surface area contributed by atoms with Gasteiger partial charge in [0.1, 0.15) is 0 Å². The fraction of sp³-hybridized carbons (Fsp3) is 0.500. The van der Waals surface area contributed by atoms with Gasteiger partial charge in [-0.05, 0) is 55.2 Å². The van der Waals surface area contributed by atoms with Crippen LogP contribution in [0.5, 0.6) is 0 Å². The molecule has 2 fully saturated rings. The van der Waals surface area contributed by atoms with Crippen LogP contribution in [0.1, 0.15) is 56.1 Å². The van der Waals surface area contributed by atoms with Crippen molar-refractivity contribution >= 4 is 40.8 Å². The highest BCUT2D eigenvalue weighted by Gasteiger charge is 2.27. The van der Waals surface area contributed by atoms with E-state index in [1.54, 1.807) is 19.2 Å². The predicted octanol–water partition coefficient (Wildman–Crippen LogP) is 5.02. The van der Waals surface area contributed by atoms with Gasteiger partial charge >= 0.3 is 0 Å². The molecule has 0 aromatic heterocycles. The quantitative estimate of drug-likeness (QED) is 0.335. The summed E-state index contributed by atoms with van der Waals surface area (Å²) in [6, 6.07) is 13.9. The first kappa shape index (κ1) is 27.7. The summed E-state index contributed by atoms with van der Waals surface area (Å²) in [6.07, 6.45) is 4.72. The van der Waals surface area contributed by atoms with Crippen LogP contribution in [0.2, 0.25) is 10.0 Å². The van der Waals surface area contributed by atoms with E-state index in [2.05, 4.69) is 22.5 Å². The number of guanidine groups is 1. The molecule has 37 heavy (non-hydrogen) atoms. The Morgan fingerprint density at radius 2 is 1.97 bits per heavy atom. The van der Waals surface area contributed by atoms with E-state index in [1.807, 2.05) is 30.3 Å². The molecule has 1 amide bonds. The number of rotatable bonds is 7. The van der Waals surface area contributed by atoms with Crippen molar-refractivity contribution in [3.05, 3.63) is 63.6 Å². The molecule has 2 aromatic carbocycles. The predicted molar refractivity (Wildman–Crippen MR) is 152 cm³/mol. The van der Waals surface area contributed by atoms with Gasteiger partial charge in [0.25, 0.3) is 0 Å². The molecule has 4 atom stereocenters. The third-order valence-corrected chi connectivity index (χ3v) is 7.80. The molecule has 1 aliphatic heterocycles. The fourth-order valence-electron chi connectivity index (χ4n) is 5.30. The number of primary amides is 1. The molecule has 1 heterocycles. The number of carbonyl (C=O) groups is 1. The summed E-state index contributed by atoms with van der Waals surface area (Å²) in [7, 11) is 1.78. The largest absolute Gasteiger partial charge is 0.379 e. The third kappa shape index (κ3) is 7.38. The van der Waals surface area contributed by atoms with Crippen LogP contribution in [0.15, 0.2) is 47.5 Å². The van der Waals surface area contributed by atoms with Gasteiger partial charge in [-0.2, -0.15) is 0 Å². The van der Waals surface area contributed by atoms with Gasteiger partial charge in [0.15, 0.2) is 5.96 Å². The van der Waals surface area contributed by atoms with E-state index in [4.69, 9.17) is 38.7 Å². The Morgan fingerprint density at radius 1 is 1.22 bits per heavy atom. The maximum atomic E-state index is 11.9. The molecular formula is C28H37Cl2N5O2. The van der Waals surface area contributed by atoms with Crippen molar-refractivity contribution in [3.63, 3.8) is 0 Å². The SMILES string of the molecule is COC1CCCCC1N=C(Nc1ccc(C(CC(N)=O)c2ccc(Cl)cc2Cl)cc1)N1CCN[C@@H](C)C1. The number of ether oxygens (including phenoxy) is 1. The summed E-state index contributed by atoms with van der Waals surface area (Å²) in [5, 5.41) is 8.16.